The molecule has 0 radical (unpaired) electrons. The van der Waals surface area contributed by atoms with E-state index in [-0.39, 0.29) is 23.8 Å². The summed E-state index contributed by atoms with van der Waals surface area (Å²) in [7, 11) is 0. The SMILES string of the molecule is O=C(Cn1ccc2ccn(Cc3cccc(F)c3)c2c1=O)NCc1cccc(Cl)c1. The van der Waals surface area contributed by atoms with Gasteiger partial charge in [0, 0.05) is 35.9 Å². The number of amides is 1. The van der Waals surface area contributed by atoms with Gasteiger partial charge in [-0.3, -0.25) is 9.59 Å². The van der Waals surface area contributed by atoms with Crippen LogP contribution >= 0.6 is 11.6 Å². The summed E-state index contributed by atoms with van der Waals surface area (Å²) in [5.41, 5.74) is 1.83. The van der Waals surface area contributed by atoms with Crippen molar-refractivity contribution >= 4 is 28.4 Å². The van der Waals surface area contributed by atoms with Crippen LogP contribution in [0.25, 0.3) is 10.9 Å². The molecule has 1 amide bonds. The molecular formula is C23H19ClFN3O2. The van der Waals surface area contributed by atoms with Gasteiger partial charge in [-0.1, -0.05) is 35.9 Å². The Hall–Kier alpha value is -3.38. The number of carbonyl (C=O) groups excluding carboxylic acids is 1. The van der Waals surface area contributed by atoms with E-state index in [0.29, 0.717) is 23.6 Å². The number of fused-ring (bicyclic) bond motifs is 1. The topological polar surface area (TPSA) is 56.0 Å². The van der Waals surface area contributed by atoms with Gasteiger partial charge in [-0.25, -0.2) is 4.39 Å². The molecule has 0 aliphatic rings. The van der Waals surface area contributed by atoms with Crippen LogP contribution in [-0.2, 0) is 24.4 Å². The second kappa shape index (κ2) is 8.55. The molecule has 0 unspecified atom stereocenters. The van der Waals surface area contributed by atoms with E-state index >= 15 is 0 Å². The normalized spacial score (nSPS) is 11.0. The number of nitrogens with one attached hydrogen (secondary N) is 1. The zero-order valence-electron chi connectivity index (χ0n) is 16.0. The average Bonchev–Trinajstić information content (AvgIpc) is 3.12. The Labute approximate surface area is 177 Å². The molecule has 0 bridgehead atoms. The molecule has 0 fully saturated rings. The fourth-order valence-corrected chi connectivity index (χ4v) is 3.60. The van der Waals surface area contributed by atoms with Crippen molar-refractivity contribution in [2.45, 2.75) is 19.6 Å². The van der Waals surface area contributed by atoms with E-state index in [2.05, 4.69) is 5.32 Å². The van der Waals surface area contributed by atoms with Gasteiger partial charge < -0.3 is 14.5 Å². The summed E-state index contributed by atoms with van der Waals surface area (Å²) in [5.74, 6) is -0.600. The lowest BCUT2D eigenvalue weighted by molar-refractivity contribution is -0.121. The summed E-state index contributed by atoms with van der Waals surface area (Å²) in [6, 6.07) is 17.1. The number of hydrogen-bond acceptors (Lipinski definition) is 2. The highest BCUT2D eigenvalue weighted by atomic mass is 35.5. The van der Waals surface area contributed by atoms with Gasteiger partial charge >= 0.3 is 0 Å². The lowest BCUT2D eigenvalue weighted by Gasteiger charge is -2.10. The third-order valence-corrected chi connectivity index (χ3v) is 5.06. The van der Waals surface area contributed by atoms with Crippen LogP contribution in [0.1, 0.15) is 11.1 Å². The van der Waals surface area contributed by atoms with Crippen molar-refractivity contribution in [1.29, 1.82) is 0 Å². The van der Waals surface area contributed by atoms with Crippen molar-refractivity contribution in [3.63, 3.8) is 0 Å². The van der Waals surface area contributed by atoms with Crippen LogP contribution in [0.15, 0.2) is 77.9 Å². The predicted octanol–water partition coefficient (Wildman–Crippen LogP) is 3.96. The van der Waals surface area contributed by atoms with E-state index in [1.165, 1.54) is 16.7 Å². The van der Waals surface area contributed by atoms with Crippen LogP contribution in [0.4, 0.5) is 4.39 Å². The molecule has 0 atom stereocenters. The maximum atomic E-state index is 13.5. The molecule has 30 heavy (non-hydrogen) atoms. The quantitative estimate of drug-likeness (QED) is 0.510. The van der Waals surface area contributed by atoms with Crippen LogP contribution in [0.5, 0.6) is 0 Å². The fourth-order valence-electron chi connectivity index (χ4n) is 3.39. The highest BCUT2D eigenvalue weighted by Crippen LogP contribution is 2.15. The highest BCUT2D eigenvalue weighted by molar-refractivity contribution is 6.30. The number of nitrogens with zero attached hydrogens (tertiary/aromatic N) is 2. The molecule has 1 N–H and O–H groups in total. The fraction of sp³-hybridized carbons (Fsp3) is 0.130. The van der Waals surface area contributed by atoms with Gasteiger partial charge in [0.2, 0.25) is 5.91 Å². The van der Waals surface area contributed by atoms with Crippen LogP contribution in [0, 0.1) is 5.82 Å². The Kier molecular flexibility index (Phi) is 5.68. The molecule has 0 spiro atoms. The predicted molar refractivity (Wildman–Crippen MR) is 115 cm³/mol. The summed E-state index contributed by atoms with van der Waals surface area (Å²) in [6.45, 7) is 0.592. The Morgan fingerprint density at radius 1 is 0.967 bits per heavy atom. The Balaban J connectivity index is 1.52. The van der Waals surface area contributed by atoms with E-state index in [0.717, 1.165) is 16.5 Å². The van der Waals surface area contributed by atoms with Crippen molar-refractivity contribution in [1.82, 2.24) is 14.5 Å². The third kappa shape index (κ3) is 4.44. The monoisotopic (exact) mass is 423 g/mol. The molecule has 0 saturated heterocycles. The van der Waals surface area contributed by atoms with Gasteiger partial charge in [-0.05, 0) is 47.5 Å². The summed E-state index contributed by atoms with van der Waals surface area (Å²) < 4.78 is 16.6. The molecule has 152 valence electrons. The first-order valence-electron chi connectivity index (χ1n) is 9.43. The number of halogens is 2. The molecule has 0 aliphatic heterocycles. The maximum absolute atomic E-state index is 13.5. The lowest BCUT2D eigenvalue weighted by atomic mass is 10.2. The van der Waals surface area contributed by atoms with Crippen LogP contribution in [0.2, 0.25) is 5.02 Å². The minimum absolute atomic E-state index is 0.0967. The number of hydrogen-bond donors (Lipinski definition) is 1. The van der Waals surface area contributed by atoms with Crippen LogP contribution in [0.3, 0.4) is 0 Å². The van der Waals surface area contributed by atoms with Crippen molar-refractivity contribution in [3.05, 3.63) is 105 Å². The van der Waals surface area contributed by atoms with Crippen molar-refractivity contribution < 1.29 is 9.18 Å². The zero-order chi connectivity index (χ0) is 21.1. The van der Waals surface area contributed by atoms with E-state index in [4.69, 9.17) is 11.6 Å². The minimum atomic E-state index is -0.322. The molecular weight excluding hydrogens is 405 g/mol. The van der Waals surface area contributed by atoms with Crippen molar-refractivity contribution in [2.75, 3.05) is 0 Å². The van der Waals surface area contributed by atoms with Gasteiger partial charge in [-0.15, -0.1) is 0 Å². The van der Waals surface area contributed by atoms with E-state index in [9.17, 15) is 14.0 Å². The van der Waals surface area contributed by atoms with Gasteiger partial charge in [0.15, 0.2) is 0 Å². The Morgan fingerprint density at radius 2 is 1.70 bits per heavy atom. The summed E-state index contributed by atoms with van der Waals surface area (Å²) in [6.07, 6.45) is 3.40. The molecule has 4 aromatic rings. The molecule has 2 aromatic carbocycles. The smallest absolute Gasteiger partial charge is 0.275 e. The van der Waals surface area contributed by atoms with Gasteiger partial charge in [0.05, 0.1) is 0 Å². The Bertz CT molecular complexity index is 1280. The molecule has 5 nitrogen and oxygen atoms in total. The second-order valence-corrected chi connectivity index (χ2v) is 7.47. The molecule has 0 saturated carbocycles. The zero-order valence-corrected chi connectivity index (χ0v) is 16.8. The first kappa shape index (κ1) is 19.9. The van der Waals surface area contributed by atoms with Crippen LogP contribution in [-0.4, -0.2) is 15.0 Å². The standard InChI is InChI=1S/C23H19ClFN3O2/c24-19-5-1-3-16(11-19)13-26-21(29)15-28-10-8-18-7-9-27(22(18)23(28)30)14-17-4-2-6-20(25)12-17/h1-12H,13-15H2,(H,26,29). The highest BCUT2D eigenvalue weighted by Gasteiger charge is 2.11. The first-order valence-corrected chi connectivity index (χ1v) is 9.81. The second-order valence-electron chi connectivity index (χ2n) is 7.03. The van der Waals surface area contributed by atoms with Crippen molar-refractivity contribution in [3.8, 4) is 0 Å². The van der Waals surface area contributed by atoms with E-state index in [1.807, 2.05) is 18.2 Å². The van der Waals surface area contributed by atoms with E-state index < -0.39 is 0 Å². The largest absolute Gasteiger partial charge is 0.350 e. The third-order valence-electron chi connectivity index (χ3n) is 4.83. The molecule has 2 heterocycles. The molecule has 4 rings (SSSR count). The number of carbonyl (C=O) groups is 1. The number of benzene rings is 2. The minimum Gasteiger partial charge on any atom is -0.350 e. The number of aromatic nitrogens is 2. The van der Waals surface area contributed by atoms with Gasteiger partial charge in [0.1, 0.15) is 17.9 Å². The number of rotatable bonds is 6. The Morgan fingerprint density at radius 3 is 2.47 bits per heavy atom. The van der Waals surface area contributed by atoms with Gasteiger partial charge in [0.25, 0.3) is 5.56 Å². The number of pyridine rings is 1. The summed E-state index contributed by atoms with van der Waals surface area (Å²) >= 11 is 5.96. The molecule has 0 aliphatic carbocycles. The lowest BCUT2D eigenvalue weighted by Crippen LogP contribution is -2.32. The maximum Gasteiger partial charge on any atom is 0.275 e. The molecule has 2 aromatic heterocycles. The summed E-state index contributed by atoms with van der Waals surface area (Å²) in [5, 5.41) is 4.17. The van der Waals surface area contributed by atoms with E-state index in [1.54, 1.807) is 47.3 Å². The van der Waals surface area contributed by atoms with Crippen LogP contribution < -0.4 is 10.9 Å². The first-order chi connectivity index (χ1) is 14.5. The van der Waals surface area contributed by atoms with Gasteiger partial charge in [-0.2, -0.15) is 0 Å². The summed E-state index contributed by atoms with van der Waals surface area (Å²) in [4.78, 5) is 25.4. The molecule has 7 heteroatoms. The van der Waals surface area contributed by atoms with Crippen molar-refractivity contribution in [2.24, 2.45) is 0 Å². The average molecular weight is 424 g/mol.